The van der Waals surface area contributed by atoms with E-state index in [1.165, 1.54) is 29.8 Å². The van der Waals surface area contributed by atoms with Gasteiger partial charge in [-0.15, -0.1) is 11.3 Å². The van der Waals surface area contributed by atoms with Crippen LogP contribution in [-0.2, 0) is 6.42 Å². The molecule has 2 atom stereocenters. The highest BCUT2D eigenvalue weighted by Gasteiger charge is 2.23. The van der Waals surface area contributed by atoms with E-state index >= 15 is 0 Å². The van der Waals surface area contributed by atoms with Gasteiger partial charge in [-0.2, -0.15) is 0 Å². The average molecular weight is 322 g/mol. The molecule has 0 bridgehead atoms. The highest BCUT2D eigenvalue weighted by Crippen LogP contribution is 2.34. The third-order valence-corrected chi connectivity index (χ3v) is 5.26. The third kappa shape index (κ3) is 2.83. The van der Waals surface area contributed by atoms with Crippen molar-refractivity contribution in [3.05, 3.63) is 40.7 Å². The lowest BCUT2D eigenvalue weighted by molar-refractivity contribution is 0.547. The summed E-state index contributed by atoms with van der Waals surface area (Å²) in [4.78, 5) is 5.50. The van der Waals surface area contributed by atoms with Crippen molar-refractivity contribution < 1.29 is 0 Å². The lowest BCUT2D eigenvalue weighted by Gasteiger charge is -2.05. The van der Waals surface area contributed by atoms with Crippen molar-refractivity contribution in [2.45, 2.75) is 30.5 Å². The van der Waals surface area contributed by atoms with Crippen molar-refractivity contribution >= 4 is 27.3 Å². The molecule has 1 fully saturated rings. The van der Waals surface area contributed by atoms with Crippen LogP contribution in [0.4, 0.5) is 0 Å². The summed E-state index contributed by atoms with van der Waals surface area (Å²) in [6, 6.07) is 10.4. The van der Waals surface area contributed by atoms with Crippen molar-refractivity contribution in [1.29, 1.82) is 0 Å². The van der Waals surface area contributed by atoms with Crippen LogP contribution in [0.25, 0.3) is 11.3 Å². The van der Waals surface area contributed by atoms with Gasteiger partial charge in [-0.05, 0) is 25.2 Å². The van der Waals surface area contributed by atoms with E-state index in [9.17, 15) is 0 Å². The topological polar surface area (TPSA) is 12.9 Å². The monoisotopic (exact) mass is 321 g/mol. The molecule has 2 aromatic rings. The van der Waals surface area contributed by atoms with Crippen molar-refractivity contribution in [1.82, 2.24) is 4.98 Å². The maximum atomic E-state index is 4.77. The molecule has 0 N–H and O–H groups in total. The van der Waals surface area contributed by atoms with Gasteiger partial charge in [-0.3, -0.25) is 0 Å². The SMILES string of the molecule is BrC1CCC(Cc2nc(-c3ccccc3)cs2)C1. The van der Waals surface area contributed by atoms with Crippen LogP contribution in [0.2, 0.25) is 0 Å². The van der Waals surface area contributed by atoms with E-state index < -0.39 is 0 Å². The molecule has 94 valence electrons. The van der Waals surface area contributed by atoms with Crippen molar-refractivity contribution in [3.8, 4) is 11.3 Å². The Morgan fingerprint density at radius 1 is 1.22 bits per heavy atom. The lowest BCUT2D eigenvalue weighted by Crippen LogP contribution is -1.99. The normalized spacial score (nSPS) is 23.4. The second-order valence-electron chi connectivity index (χ2n) is 4.97. The second kappa shape index (κ2) is 5.54. The first-order valence-corrected chi connectivity index (χ1v) is 8.24. The largest absolute Gasteiger partial charge is 0.241 e. The second-order valence-corrected chi connectivity index (χ2v) is 7.21. The van der Waals surface area contributed by atoms with Gasteiger partial charge >= 0.3 is 0 Å². The van der Waals surface area contributed by atoms with Crippen molar-refractivity contribution in [2.24, 2.45) is 5.92 Å². The molecule has 0 saturated heterocycles. The predicted octanol–water partition coefficient (Wildman–Crippen LogP) is 4.92. The summed E-state index contributed by atoms with van der Waals surface area (Å²) in [5, 5.41) is 3.48. The van der Waals surface area contributed by atoms with E-state index in [2.05, 4.69) is 45.6 Å². The number of alkyl halides is 1. The van der Waals surface area contributed by atoms with E-state index in [-0.39, 0.29) is 0 Å². The molecule has 1 nitrogen and oxygen atoms in total. The Hall–Kier alpha value is -0.670. The van der Waals surface area contributed by atoms with Gasteiger partial charge in [0.05, 0.1) is 10.7 Å². The number of rotatable bonds is 3. The number of hydrogen-bond acceptors (Lipinski definition) is 2. The molecule has 1 aliphatic carbocycles. The molecule has 0 amide bonds. The van der Waals surface area contributed by atoms with E-state index in [0.29, 0.717) is 0 Å². The minimum absolute atomic E-state index is 0.732. The van der Waals surface area contributed by atoms with Crippen LogP contribution in [-0.4, -0.2) is 9.81 Å². The van der Waals surface area contributed by atoms with Gasteiger partial charge in [0, 0.05) is 22.2 Å². The summed E-state index contributed by atoms with van der Waals surface area (Å²) >= 11 is 5.52. The molecule has 3 rings (SSSR count). The molecule has 1 aromatic heterocycles. The number of hydrogen-bond donors (Lipinski definition) is 0. The number of halogens is 1. The van der Waals surface area contributed by atoms with Crippen molar-refractivity contribution in [3.63, 3.8) is 0 Å². The summed E-state index contributed by atoms with van der Waals surface area (Å²) in [7, 11) is 0. The van der Waals surface area contributed by atoms with Gasteiger partial charge in [0.1, 0.15) is 0 Å². The van der Waals surface area contributed by atoms with Crippen molar-refractivity contribution in [2.75, 3.05) is 0 Å². The molecule has 0 aliphatic heterocycles. The quantitative estimate of drug-likeness (QED) is 0.731. The highest BCUT2D eigenvalue weighted by atomic mass is 79.9. The summed E-state index contributed by atoms with van der Waals surface area (Å²) in [5.41, 5.74) is 2.36. The van der Waals surface area contributed by atoms with Gasteiger partial charge in [0.15, 0.2) is 0 Å². The zero-order chi connectivity index (χ0) is 12.4. The van der Waals surface area contributed by atoms with E-state index in [4.69, 9.17) is 4.98 Å². The van der Waals surface area contributed by atoms with Crippen LogP contribution in [0.1, 0.15) is 24.3 Å². The van der Waals surface area contributed by atoms with Crippen LogP contribution < -0.4 is 0 Å². The van der Waals surface area contributed by atoms with E-state index in [1.807, 2.05) is 6.07 Å². The van der Waals surface area contributed by atoms with E-state index in [0.717, 1.165) is 22.9 Å². The van der Waals surface area contributed by atoms with Gasteiger partial charge in [-0.1, -0.05) is 46.3 Å². The van der Waals surface area contributed by atoms with Gasteiger partial charge in [0.25, 0.3) is 0 Å². The Bertz CT molecular complexity index is 508. The standard InChI is InChI=1S/C15H16BrNS/c16-13-7-6-11(8-13)9-15-17-14(10-18-15)12-4-2-1-3-5-12/h1-5,10-11,13H,6-9H2. The minimum atomic E-state index is 0.732. The smallest absolute Gasteiger partial charge is 0.0935 e. The first-order chi connectivity index (χ1) is 8.81. The Balaban J connectivity index is 1.70. The molecular weight excluding hydrogens is 306 g/mol. The Morgan fingerprint density at radius 2 is 2.06 bits per heavy atom. The first-order valence-electron chi connectivity index (χ1n) is 6.45. The molecule has 1 aromatic carbocycles. The predicted molar refractivity (Wildman–Crippen MR) is 81.3 cm³/mol. The maximum Gasteiger partial charge on any atom is 0.0935 e. The third-order valence-electron chi connectivity index (χ3n) is 3.56. The molecule has 1 saturated carbocycles. The summed E-state index contributed by atoms with van der Waals surface area (Å²) in [6.45, 7) is 0. The van der Waals surface area contributed by atoms with E-state index in [1.54, 1.807) is 11.3 Å². The van der Waals surface area contributed by atoms with Crippen LogP contribution in [0.15, 0.2) is 35.7 Å². The molecule has 1 aliphatic rings. The molecule has 0 spiro atoms. The summed E-state index contributed by atoms with van der Waals surface area (Å²) < 4.78 is 0. The number of thiazole rings is 1. The molecular formula is C15H16BrNS. The minimum Gasteiger partial charge on any atom is -0.241 e. The summed E-state index contributed by atoms with van der Waals surface area (Å²) in [6.07, 6.45) is 5.12. The van der Waals surface area contributed by atoms with Crippen LogP contribution >= 0.6 is 27.3 Å². The van der Waals surface area contributed by atoms with Crippen LogP contribution in [0.3, 0.4) is 0 Å². The lowest BCUT2D eigenvalue weighted by atomic mass is 10.1. The molecule has 18 heavy (non-hydrogen) atoms. The average Bonchev–Trinajstić information content (AvgIpc) is 3.01. The van der Waals surface area contributed by atoms with Gasteiger partial charge < -0.3 is 0 Å². The van der Waals surface area contributed by atoms with Gasteiger partial charge in [0.2, 0.25) is 0 Å². The summed E-state index contributed by atoms with van der Waals surface area (Å²) in [5.74, 6) is 0.823. The highest BCUT2D eigenvalue weighted by molar-refractivity contribution is 9.09. The zero-order valence-electron chi connectivity index (χ0n) is 10.2. The first kappa shape index (κ1) is 12.4. The Labute approximate surface area is 120 Å². The maximum absolute atomic E-state index is 4.77. The number of aromatic nitrogens is 1. The molecule has 0 radical (unpaired) electrons. The fourth-order valence-electron chi connectivity index (χ4n) is 2.59. The fraction of sp³-hybridized carbons (Fsp3) is 0.400. The molecule has 3 heteroatoms. The number of benzene rings is 1. The molecule has 1 heterocycles. The Morgan fingerprint density at radius 3 is 2.78 bits per heavy atom. The molecule has 2 unspecified atom stereocenters. The van der Waals surface area contributed by atoms with Gasteiger partial charge in [-0.25, -0.2) is 4.98 Å². The Kier molecular flexibility index (Phi) is 3.80. The zero-order valence-corrected chi connectivity index (χ0v) is 12.6. The number of nitrogens with zero attached hydrogens (tertiary/aromatic N) is 1. The van der Waals surface area contributed by atoms with Crippen LogP contribution in [0, 0.1) is 5.92 Å². The fourth-order valence-corrected chi connectivity index (χ4v) is 4.30. The van der Waals surface area contributed by atoms with Crippen LogP contribution in [0.5, 0.6) is 0 Å².